The molecule has 0 saturated heterocycles. The molecule has 0 aliphatic rings. The van der Waals surface area contributed by atoms with Gasteiger partial charge in [0.2, 0.25) is 5.91 Å². The van der Waals surface area contributed by atoms with Gasteiger partial charge in [0.25, 0.3) is 0 Å². The molecule has 1 rings (SSSR count). The van der Waals surface area contributed by atoms with Gasteiger partial charge in [-0.1, -0.05) is 32.1 Å². The molecule has 3 nitrogen and oxygen atoms in total. The fourth-order valence-electron chi connectivity index (χ4n) is 1.86. The van der Waals surface area contributed by atoms with Crippen LogP contribution in [-0.2, 0) is 11.2 Å². The van der Waals surface area contributed by atoms with Gasteiger partial charge < -0.3 is 10.4 Å². The van der Waals surface area contributed by atoms with Crippen LogP contribution in [0, 0.1) is 11.8 Å². The van der Waals surface area contributed by atoms with Crippen molar-refractivity contribution in [1.29, 1.82) is 0 Å². The van der Waals surface area contributed by atoms with E-state index in [-0.39, 0.29) is 12.5 Å². The number of unbranched alkanes of at least 4 members (excludes halogenated alkanes) is 1. The van der Waals surface area contributed by atoms with E-state index in [1.807, 2.05) is 18.2 Å². The van der Waals surface area contributed by atoms with Crippen molar-refractivity contribution < 1.29 is 9.90 Å². The van der Waals surface area contributed by atoms with Crippen LogP contribution >= 0.6 is 0 Å². The summed E-state index contributed by atoms with van der Waals surface area (Å²) in [6, 6.07) is 5.81. The molecule has 3 heteroatoms. The number of anilines is 1. The van der Waals surface area contributed by atoms with Crippen molar-refractivity contribution in [3.8, 4) is 11.8 Å². The van der Waals surface area contributed by atoms with Crippen molar-refractivity contribution in [2.24, 2.45) is 0 Å². The molecule has 0 fully saturated rings. The molecule has 0 aliphatic carbocycles. The van der Waals surface area contributed by atoms with Crippen molar-refractivity contribution >= 4 is 11.6 Å². The van der Waals surface area contributed by atoms with Gasteiger partial charge >= 0.3 is 0 Å². The first-order valence-electron chi connectivity index (χ1n) is 7.23. The molecule has 0 heterocycles. The van der Waals surface area contributed by atoms with Crippen molar-refractivity contribution in [3.05, 3.63) is 29.3 Å². The maximum Gasteiger partial charge on any atom is 0.224 e. The fourth-order valence-corrected chi connectivity index (χ4v) is 1.86. The lowest BCUT2D eigenvalue weighted by atomic mass is 10.1. The van der Waals surface area contributed by atoms with E-state index in [2.05, 4.69) is 31.0 Å². The lowest BCUT2D eigenvalue weighted by molar-refractivity contribution is -0.116. The Labute approximate surface area is 121 Å². The molecule has 20 heavy (non-hydrogen) atoms. The van der Waals surface area contributed by atoms with E-state index in [0.717, 1.165) is 36.1 Å². The van der Waals surface area contributed by atoms with Crippen LogP contribution in [0.2, 0.25) is 0 Å². The summed E-state index contributed by atoms with van der Waals surface area (Å²) >= 11 is 0. The average Bonchev–Trinajstić information content (AvgIpc) is 2.46. The molecule has 0 aromatic heterocycles. The van der Waals surface area contributed by atoms with E-state index in [1.165, 1.54) is 0 Å². The van der Waals surface area contributed by atoms with Crippen molar-refractivity contribution in [2.45, 2.75) is 46.0 Å². The number of rotatable bonds is 6. The quantitative estimate of drug-likeness (QED) is 0.782. The van der Waals surface area contributed by atoms with Crippen LogP contribution in [0.15, 0.2) is 18.2 Å². The normalized spacial score (nSPS) is 9.75. The molecule has 0 saturated carbocycles. The summed E-state index contributed by atoms with van der Waals surface area (Å²) < 4.78 is 0. The molecule has 0 aliphatic heterocycles. The summed E-state index contributed by atoms with van der Waals surface area (Å²) in [6.45, 7) is 4.21. The third kappa shape index (κ3) is 5.46. The molecule has 0 unspecified atom stereocenters. The minimum Gasteiger partial charge on any atom is -0.395 e. The van der Waals surface area contributed by atoms with Gasteiger partial charge in [0, 0.05) is 24.1 Å². The first-order chi connectivity index (χ1) is 9.71. The van der Waals surface area contributed by atoms with Gasteiger partial charge in [-0.15, -0.1) is 0 Å². The standard InChI is InChI=1S/C17H23NO2/c1-3-5-9-17(20)18-16-11-10-14(8-6-7-12-19)13-15(16)4-2/h10-11,13,19H,3-5,7,9,12H2,1-2H3,(H,18,20). The minimum atomic E-state index is 0.0701. The molecule has 0 radical (unpaired) electrons. The zero-order valence-electron chi connectivity index (χ0n) is 12.3. The maximum absolute atomic E-state index is 11.8. The van der Waals surface area contributed by atoms with Crippen molar-refractivity contribution in [2.75, 3.05) is 11.9 Å². The number of hydrogen-bond donors (Lipinski definition) is 2. The van der Waals surface area contributed by atoms with Gasteiger partial charge in [0.1, 0.15) is 0 Å². The Morgan fingerprint density at radius 3 is 2.80 bits per heavy atom. The fraction of sp³-hybridized carbons (Fsp3) is 0.471. The smallest absolute Gasteiger partial charge is 0.224 e. The highest BCUT2D eigenvalue weighted by Crippen LogP contribution is 2.18. The average molecular weight is 273 g/mol. The Hall–Kier alpha value is -1.79. The lowest BCUT2D eigenvalue weighted by Gasteiger charge is -2.10. The zero-order valence-corrected chi connectivity index (χ0v) is 12.3. The first-order valence-corrected chi connectivity index (χ1v) is 7.23. The summed E-state index contributed by atoms with van der Waals surface area (Å²) in [4.78, 5) is 11.8. The summed E-state index contributed by atoms with van der Waals surface area (Å²) in [6.07, 6.45) is 3.83. The second kappa shape index (κ2) is 9.17. The van der Waals surface area contributed by atoms with E-state index in [0.29, 0.717) is 12.8 Å². The monoisotopic (exact) mass is 273 g/mol. The van der Waals surface area contributed by atoms with Crippen LogP contribution in [0.1, 0.15) is 50.7 Å². The number of carbonyl (C=O) groups excluding carboxylic acids is 1. The zero-order chi connectivity index (χ0) is 14.8. The van der Waals surface area contributed by atoms with Crippen LogP contribution in [0.5, 0.6) is 0 Å². The number of amides is 1. The first kappa shape index (κ1) is 16.3. The second-order valence-electron chi connectivity index (χ2n) is 4.65. The number of nitrogens with one attached hydrogen (secondary N) is 1. The minimum absolute atomic E-state index is 0.0701. The number of aliphatic hydroxyl groups is 1. The van der Waals surface area contributed by atoms with E-state index in [4.69, 9.17) is 5.11 Å². The second-order valence-corrected chi connectivity index (χ2v) is 4.65. The molecule has 0 bridgehead atoms. The lowest BCUT2D eigenvalue weighted by Crippen LogP contribution is -2.12. The SMILES string of the molecule is CCCCC(=O)Nc1ccc(C#CCCO)cc1CC. The van der Waals surface area contributed by atoms with Crippen LogP contribution < -0.4 is 5.32 Å². The van der Waals surface area contributed by atoms with Crippen LogP contribution in [0.4, 0.5) is 5.69 Å². The molecular weight excluding hydrogens is 250 g/mol. The van der Waals surface area contributed by atoms with Gasteiger partial charge in [-0.3, -0.25) is 4.79 Å². The molecule has 1 aromatic carbocycles. The van der Waals surface area contributed by atoms with Gasteiger partial charge in [-0.25, -0.2) is 0 Å². The van der Waals surface area contributed by atoms with Gasteiger partial charge in [-0.2, -0.15) is 0 Å². The number of benzene rings is 1. The third-order valence-electron chi connectivity index (χ3n) is 2.99. The Morgan fingerprint density at radius 2 is 2.15 bits per heavy atom. The topological polar surface area (TPSA) is 49.3 Å². The maximum atomic E-state index is 11.8. The summed E-state index contributed by atoms with van der Waals surface area (Å²) in [7, 11) is 0. The van der Waals surface area contributed by atoms with E-state index in [1.54, 1.807) is 0 Å². The van der Waals surface area contributed by atoms with E-state index in [9.17, 15) is 4.79 Å². The van der Waals surface area contributed by atoms with Crippen molar-refractivity contribution in [1.82, 2.24) is 0 Å². The summed E-state index contributed by atoms with van der Waals surface area (Å²) in [5.41, 5.74) is 2.88. The Bertz CT molecular complexity index is 497. The predicted octanol–water partition coefficient (Wildman–Crippen LogP) is 3.11. The van der Waals surface area contributed by atoms with E-state index < -0.39 is 0 Å². The number of aliphatic hydroxyl groups excluding tert-OH is 1. The number of hydrogen-bond acceptors (Lipinski definition) is 2. The molecule has 0 spiro atoms. The highest BCUT2D eigenvalue weighted by Gasteiger charge is 2.06. The van der Waals surface area contributed by atoms with Gasteiger partial charge in [0.05, 0.1) is 6.61 Å². The Kier molecular flexibility index (Phi) is 7.46. The largest absolute Gasteiger partial charge is 0.395 e. The predicted molar refractivity (Wildman–Crippen MR) is 82.6 cm³/mol. The summed E-state index contributed by atoms with van der Waals surface area (Å²) in [5.74, 6) is 5.99. The molecule has 1 aromatic rings. The molecule has 0 atom stereocenters. The Morgan fingerprint density at radius 1 is 1.35 bits per heavy atom. The third-order valence-corrected chi connectivity index (χ3v) is 2.99. The van der Waals surface area contributed by atoms with Crippen LogP contribution in [0.25, 0.3) is 0 Å². The van der Waals surface area contributed by atoms with Gasteiger partial charge in [0.15, 0.2) is 0 Å². The number of aryl methyl sites for hydroxylation is 1. The highest BCUT2D eigenvalue weighted by atomic mass is 16.2. The van der Waals surface area contributed by atoms with Crippen molar-refractivity contribution in [3.63, 3.8) is 0 Å². The Balaban J connectivity index is 2.78. The number of carbonyl (C=O) groups is 1. The van der Waals surface area contributed by atoms with Gasteiger partial charge in [-0.05, 0) is 36.6 Å². The molecular formula is C17H23NO2. The molecule has 1 amide bonds. The van der Waals surface area contributed by atoms with E-state index >= 15 is 0 Å². The summed E-state index contributed by atoms with van der Waals surface area (Å²) in [5, 5.41) is 11.7. The highest BCUT2D eigenvalue weighted by molar-refractivity contribution is 5.91. The van der Waals surface area contributed by atoms with Crippen LogP contribution in [0.3, 0.4) is 0 Å². The van der Waals surface area contributed by atoms with Crippen LogP contribution in [-0.4, -0.2) is 17.6 Å². The molecule has 108 valence electrons. The molecule has 2 N–H and O–H groups in total.